The van der Waals surface area contributed by atoms with Crippen molar-refractivity contribution in [2.75, 3.05) is 11.9 Å². The summed E-state index contributed by atoms with van der Waals surface area (Å²) in [6.45, 7) is 2.08. The first-order valence-corrected chi connectivity index (χ1v) is 9.45. The molecule has 0 amide bonds. The summed E-state index contributed by atoms with van der Waals surface area (Å²) in [5, 5.41) is 3.80. The number of hydrogen-bond donors (Lipinski definition) is 0. The maximum absolute atomic E-state index is 4.45. The van der Waals surface area contributed by atoms with Gasteiger partial charge in [-0.25, -0.2) is 0 Å². The van der Waals surface area contributed by atoms with E-state index in [1.54, 1.807) is 11.8 Å². The van der Waals surface area contributed by atoms with Crippen molar-refractivity contribution >= 4 is 40.1 Å². The molecule has 0 bridgehead atoms. The number of fused-ring (bicyclic) bond motifs is 3. The maximum atomic E-state index is 4.45. The molecule has 1 heterocycles. The van der Waals surface area contributed by atoms with E-state index in [-0.39, 0.29) is 0 Å². The largest absolute Gasteiger partial charge is 0.338 e. The number of nitrogens with zero attached hydrogens (tertiary/aromatic N) is 2. The van der Waals surface area contributed by atoms with E-state index in [0.717, 1.165) is 5.69 Å². The highest BCUT2D eigenvalue weighted by molar-refractivity contribution is 8.03. The van der Waals surface area contributed by atoms with Crippen LogP contribution in [0.15, 0.2) is 93.8 Å². The minimum atomic E-state index is 0.971. The fourth-order valence-corrected chi connectivity index (χ4v) is 4.13. The zero-order chi connectivity index (χ0) is 17.9. The molecule has 128 valence electrons. The third-order valence-electron chi connectivity index (χ3n) is 4.44. The van der Waals surface area contributed by atoms with Crippen LogP contribution in [0.5, 0.6) is 0 Å². The van der Waals surface area contributed by atoms with E-state index in [0.29, 0.717) is 0 Å². The molecular formula is C23H20N2S. The molecule has 3 heteroatoms. The maximum Gasteiger partial charge on any atom is 0.0799 e. The second kappa shape index (κ2) is 7.22. The number of benzene rings is 3. The lowest BCUT2D eigenvalue weighted by Crippen LogP contribution is -2.09. The zero-order valence-electron chi connectivity index (χ0n) is 14.9. The Hall–Kier alpha value is -2.78. The van der Waals surface area contributed by atoms with E-state index < -0.39 is 0 Å². The summed E-state index contributed by atoms with van der Waals surface area (Å²) in [7, 11) is 2.13. The fraction of sp³-hybridized carbons (Fsp3) is 0.0870. The summed E-state index contributed by atoms with van der Waals surface area (Å²) in [5.74, 6) is 0. The van der Waals surface area contributed by atoms with E-state index in [9.17, 15) is 0 Å². The van der Waals surface area contributed by atoms with E-state index in [4.69, 9.17) is 0 Å². The topological polar surface area (TPSA) is 15.6 Å². The summed E-state index contributed by atoms with van der Waals surface area (Å²) >= 11 is 1.81. The molecule has 3 aromatic carbocycles. The Balaban J connectivity index is 1.51. The molecule has 0 atom stereocenters. The predicted octanol–water partition coefficient (Wildman–Crippen LogP) is 6.49. The average molecular weight is 356 g/mol. The number of aliphatic imine (C=N–C) groups is 1. The Bertz CT molecular complexity index is 1030. The number of rotatable bonds is 3. The van der Waals surface area contributed by atoms with Gasteiger partial charge in [-0.1, -0.05) is 65.9 Å². The van der Waals surface area contributed by atoms with Gasteiger partial charge in [-0.15, -0.1) is 0 Å². The summed E-state index contributed by atoms with van der Waals surface area (Å²) in [4.78, 5) is 8.02. The monoisotopic (exact) mass is 356 g/mol. The Kier molecular flexibility index (Phi) is 4.63. The van der Waals surface area contributed by atoms with Crippen LogP contribution in [0.2, 0.25) is 0 Å². The highest BCUT2D eigenvalue weighted by Crippen LogP contribution is 2.48. The van der Waals surface area contributed by atoms with Crippen LogP contribution in [0.25, 0.3) is 10.8 Å². The van der Waals surface area contributed by atoms with Crippen LogP contribution in [0, 0.1) is 6.92 Å². The van der Waals surface area contributed by atoms with Gasteiger partial charge in [0.15, 0.2) is 0 Å². The van der Waals surface area contributed by atoms with Crippen molar-refractivity contribution in [1.29, 1.82) is 0 Å². The lowest BCUT2D eigenvalue weighted by atomic mass is 10.1. The van der Waals surface area contributed by atoms with Crippen LogP contribution in [0.3, 0.4) is 0 Å². The molecule has 2 nitrogen and oxygen atoms in total. The number of hydrogen-bond acceptors (Lipinski definition) is 3. The van der Waals surface area contributed by atoms with Crippen LogP contribution in [0.1, 0.15) is 5.56 Å². The summed E-state index contributed by atoms with van der Waals surface area (Å²) in [6, 6.07) is 21.2. The minimum absolute atomic E-state index is 0.971. The summed E-state index contributed by atoms with van der Waals surface area (Å²) in [5.41, 5.74) is 3.51. The standard InChI is InChI=1S/C23H20N2S/c1-17-10-13-19(14-11-17)24-16-6-5-9-22-25(2)23-20-8-4-3-7-18(20)12-15-21(23)26-22/h3-16H,1-2H3/b6-5+,22-9+,24-16?. The predicted molar refractivity (Wildman–Crippen MR) is 115 cm³/mol. The van der Waals surface area contributed by atoms with Crippen molar-refractivity contribution in [3.63, 3.8) is 0 Å². The van der Waals surface area contributed by atoms with Crippen molar-refractivity contribution < 1.29 is 0 Å². The number of thioether (sulfide) groups is 1. The molecule has 3 aromatic rings. The van der Waals surface area contributed by atoms with Gasteiger partial charge < -0.3 is 4.90 Å². The van der Waals surface area contributed by atoms with Crippen LogP contribution in [-0.4, -0.2) is 13.3 Å². The number of anilines is 1. The zero-order valence-corrected chi connectivity index (χ0v) is 15.7. The molecule has 0 aliphatic carbocycles. The van der Waals surface area contributed by atoms with Crippen molar-refractivity contribution in [3.8, 4) is 0 Å². The van der Waals surface area contributed by atoms with Crippen molar-refractivity contribution in [2.45, 2.75) is 11.8 Å². The Morgan fingerprint density at radius 3 is 2.58 bits per heavy atom. The SMILES string of the molecule is Cc1ccc(N=C/C=C/C=C2/Sc3ccc4ccccc4c3N2C)cc1. The quantitative estimate of drug-likeness (QED) is 0.498. The van der Waals surface area contributed by atoms with Gasteiger partial charge in [0.25, 0.3) is 0 Å². The van der Waals surface area contributed by atoms with E-state index >= 15 is 0 Å². The molecule has 1 aliphatic heterocycles. The van der Waals surface area contributed by atoms with E-state index in [1.165, 1.54) is 31.9 Å². The summed E-state index contributed by atoms with van der Waals surface area (Å²) < 4.78 is 0. The van der Waals surface area contributed by atoms with Gasteiger partial charge in [-0.3, -0.25) is 4.99 Å². The number of aryl methyl sites for hydroxylation is 1. The van der Waals surface area contributed by atoms with Crippen LogP contribution >= 0.6 is 11.8 Å². The molecule has 0 saturated heterocycles. The van der Waals surface area contributed by atoms with Crippen molar-refractivity contribution in [2.24, 2.45) is 4.99 Å². The molecule has 26 heavy (non-hydrogen) atoms. The molecule has 0 unspecified atom stereocenters. The molecule has 0 radical (unpaired) electrons. The second-order valence-electron chi connectivity index (χ2n) is 6.30. The first-order valence-electron chi connectivity index (χ1n) is 8.63. The third-order valence-corrected chi connectivity index (χ3v) is 5.61. The van der Waals surface area contributed by atoms with Crippen molar-refractivity contribution in [1.82, 2.24) is 0 Å². The van der Waals surface area contributed by atoms with Crippen LogP contribution in [0.4, 0.5) is 11.4 Å². The highest BCUT2D eigenvalue weighted by atomic mass is 32.2. The second-order valence-corrected chi connectivity index (χ2v) is 7.36. The van der Waals surface area contributed by atoms with Gasteiger partial charge in [0, 0.05) is 23.5 Å². The first kappa shape index (κ1) is 16.7. The molecule has 0 saturated carbocycles. The molecular weight excluding hydrogens is 336 g/mol. The Morgan fingerprint density at radius 1 is 0.923 bits per heavy atom. The molecule has 4 rings (SSSR count). The summed E-state index contributed by atoms with van der Waals surface area (Å²) in [6.07, 6.45) is 8.00. The Morgan fingerprint density at radius 2 is 1.73 bits per heavy atom. The van der Waals surface area contributed by atoms with E-state index in [2.05, 4.69) is 78.5 Å². The van der Waals surface area contributed by atoms with Crippen LogP contribution in [-0.2, 0) is 0 Å². The fourth-order valence-electron chi connectivity index (χ4n) is 3.05. The molecule has 0 N–H and O–H groups in total. The first-order chi connectivity index (χ1) is 12.7. The lowest BCUT2D eigenvalue weighted by molar-refractivity contribution is 1.19. The lowest BCUT2D eigenvalue weighted by Gasteiger charge is -2.15. The Labute approximate surface area is 158 Å². The molecule has 0 aromatic heterocycles. The minimum Gasteiger partial charge on any atom is -0.338 e. The van der Waals surface area contributed by atoms with Gasteiger partial charge in [-0.2, -0.15) is 0 Å². The number of allylic oxidation sites excluding steroid dienone is 3. The van der Waals surface area contributed by atoms with Crippen LogP contribution < -0.4 is 4.90 Å². The normalized spacial score (nSPS) is 15.6. The van der Waals surface area contributed by atoms with Gasteiger partial charge in [0.1, 0.15) is 0 Å². The van der Waals surface area contributed by atoms with Gasteiger partial charge in [0.2, 0.25) is 0 Å². The van der Waals surface area contributed by atoms with Gasteiger partial charge in [0.05, 0.1) is 16.4 Å². The molecule has 1 aliphatic rings. The van der Waals surface area contributed by atoms with Crippen molar-refractivity contribution in [3.05, 3.63) is 89.5 Å². The molecule has 0 spiro atoms. The highest BCUT2D eigenvalue weighted by Gasteiger charge is 2.23. The average Bonchev–Trinajstić information content (AvgIpc) is 2.99. The van der Waals surface area contributed by atoms with E-state index in [1.807, 2.05) is 30.5 Å². The third kappa shape index (κ3) is 3.31. The van der Waals surface area contributed by atoms with Gasteiger partial charge >= 0.3 is 0 Å². The smallest absolute Gasteiger partial charge is 0.0799 e. The molecule has 0 fully saturated rings. The van der Waals surface area contributed by atoms with Gasteiger partial charge in [-0.05, 0) is 42.7 Å².